The summed E-state index contributed by atoms with van der Waals surface area (Å²) in [5.74, 6) is 0.855. The summed E-state index contributed by atoms with van der Waals surface area (Å²) in [5, 5.41) is 11.0. The predicted octanol–water partition coefficient (Wildman–Crippen LogP) is 4.13. The van der Waals surface area contributed by atoms with Gasteiger partial charge in [0.15, 0.2) is 0 Å². The van der Waals surface area contributed by atoms with Crippen LogP contribution < -0.4 is 4.74 Å². The third-order valence-electron chi connectivity index (χ3n) is 4.19. The molecule has 0 saturated carbocycles. The SMILES string of the molecule is CCc1ccc(C(C)(O)c2cc(C)c(OC)cc2C)cc1. The van der Waals surface area contributed by atoms with Gasteiger partial charge in [-0.3, -0.25) is 0 Å². The van der Waals surface area contributed by atoms with Gasteiger partial charge in [-0.25, -0.2) is 0 Å². The van der Waals surface area contributed by atoms with E-state index in [0.29, 0.717) is 0 Å². The maximum atomic E-state index is 11.0. The number of hydrogen-bond donors (Lipinski definition) is 1. The first-order valence-corrected chi connectivity index (χ1v) is 7.37. The quantitative estimate of drug-likeness (QED) is 0.914. The van der Waals surface area contributed by atoms with Crippen molar-refractivity contribution in [3.05, 3.63) is 64.2 Å². The van der Waals surface area contributed by atoms with E-state index in [4.69, 9.17) is 4.74 Å². The van der Waals surface area contributed by atoms with Gasteiger partial charge in [-0.2, -0.15) is 0 Å². The molecule has 0 saturated heterocycles. The predicted molar refractivity (Wildman–Crippen MR) is 87.0 cm³/mol. The minimum Gasteiger partial charge on any atom is -0.496 e. The molecule has 112 valence electrons. The van der Waals surface area contributed by atoms with Crippen molar-refractivity contribution in [2.45, 2.75) is 39.7 Å². The highest BCUT2D eigenvalue weighted by atomic mass is 16.5. The van der Waals surface area contributed by atoms with Crippen LogP contribution in [0.2, 0.25) is 0 Å². The molecule has 0 fully saturated rings. The van der Waals surface area contributed by atoms with Crippen LogP contribution in [0.25, 0.3) is 0 Å². The molecule has 2 aromatic rings. The summed E-state index contributed by atoms with van der Waals surface area (Å²) in [6.07, 6.45) is 1.00. The van der Waals surface area contributed by atoms with Crippen LogP contribution in [-0.2, 0) is 12.0 Å². The normalized spacial score (nSPS) is 13.8. The lowest BCUT2D eigenvalue weighted by atomic mass is 9.84. The molecule has 21 heavy (non-hydrogen) atoms. The maximum Gasteiger partial charge on any atom is 0.122 e. The van der Waals surface area contributed by atoms with Gasteiger partial charge in [-0.15, -0.1) is 0 Å². The van der Waals surface area contributed by atoms with Gasteiger partial charge in [0.1, 0.15) is 11.4 Å². The zero-order chi connectivity index (χ0) is 15.6. The number of hydrogen-bond acceptors (Lipinski definition) is 2. The number of aliphatic hydroxyl groups is 1. The van der Waals surface area contributed by atoms with Crippen molar-refractivity contribution < 1.29 is 9.84 Å². The maximum absolute atomic E-state index is 11.0. The van der Waals surface area contributed by atoms with Crippen LogP contribution in [0.3, 0.4) is 0 Å². The zero-order valence-corrected chi connectivity index (χ0v) is 13.5. The molecule has 0 bridgehead atoms. The Labute approximate surface area is 127 Å². The minimum absolute atomic E-state index is 0.855. The molecule has 0 heterocycles. The number of benzene rings is 2. The minimum atomic E-state index is -1.01. The van der Waals surface area contributed by atoms with E-state index < -0.39 is 5.60 Å². The first-order valence-electron chi connectivity index (χ1n) is 7.37. The molecule has 0 aliphatic rings. The molecular formula is C19H24O2. The Morgan fingerprint density at radius 3 is 2.19 bits per heavy atom. The van der Waals surface area contributed by atoms with E-state index in [0.717, 1.165) is 34.4 Å². The molecule has 0 radical (unpaired) electrons. The van der Waals surface area contributed by atoms with E-state index in [2.05, 4.69) is 19.1 Å². The molecule has 0 aliphatic heterocycles. The molecule has 2 rings (SSSR count). The molecule has 2 heteroatoms. The third-order valence-corrected chi connectivity index (χ3v) is 4.19. The molecule has 0 aromatic heterocycles. The lowest BCUT2D eigenvalue weighted by Gasteiger charge is -2.27. The Hall–Kier alpha value is -1.80. The van der Waals surface area contributed by atoms with Crippen LogP contribution in [0, 0.1) is 13.8 Å². The highest BCUT2D eigenvalue weighted by Gasteiger charge is 2.28. The summed E-state index contributed by atoms with van der Waals surface area (Å²) in [4.78, 5) is 0. The van der Waals surface area contributed by atoms with Crippen LogP contribution in [0.15, 0.2) is 36.4 Å². The second-order valence-corrected chi connectivity index (χ2v) is 5.76. The van der Waals surface area contributed by atoms with Gasteiger partial charge in [-0.05, 0) is 67.1 Å². The summed E-state index contributed by atoms with van der Waals surface area (Å²) in [6.45, 7) is 7.98. The molecule has 0 amide bonds. The standard InChI is InChI=1S/C19H24O2/c1-6-15-7-9-16(10-8-15)19(4,20)17-11-14(3)18(21-5)12-13(17)2/h7-12,20H,6H2,1-5H3. The Morgan fingerprint density at radius 1 is 1.05 bits per heavy atom. The van der Waals surface area contributed by atoms with Gasteiger partial charge in [-0.1, -0.05) is 31.2 Å². The summed E-state index contributed by atoms with van der Waals surface area (Å²) in [5.41, 5.74) is 4.16. The van der Waals surface area contributed by atoms with Crippen LogP contribution in [0.5, 0.6) is 5.75 Å². The molecule has 0 spiro atoms. The van der Waals surface area contributed by atoms with E-state index in [1.165, 1.54) is 5.56 Å². The molecule has 1 atom stereocenters. The van der Waals surface area contributed by atoms with Gasteiger partial charge in [0.05, 0.1) is 7.11 Å². The van der Waals surface area contributed by atoms with Gasteiger partial charge < -0.3 is 9.84 Å². The van der Waals surface area contributed by atoms with Crippen molar-refractivity contribution >= 4 is 0 Å². The monoisotopic (exact) mass is 284 g/mol. The number of methoxy groups -OCH3 is 1. The topological polar surface area (TPSA) is 29.5 Å². The van der Waals surface area contributed by atoms with Gasteiger partial charge in [0, 0.05) is 0 Å². The molecule has 2 nitrogen and oxygen atoms in total. The lowest BCUT2D eigenvalue weighted by molar-refractivity contribution is 0.101. The van der Waals surface area contributed by atoms with Crippen molar-refractivity contribution in [2.75, 3.05) is 7.11 Å². The van der Waals surface area contributed by atoms with Crippen molar-refractivity contribution in [1.29, 1.82) is 0 Å². The van der Waals surface area contributed by atoms with E-state index in [1.54, 1.807) is 7.11 Å². The molecule has 1 unspecified atom stereocenters. The van der Waals surface area contributed by atoms with E-state index >= 15 is 0 Å². The van der Waals surface area contributed by atoms with Gasteiger partial charge in [0.2, 0.25) is 0 Å². The van der Waals surface area contributed by atoms with Crippen molar-refractivity contribution in [1.82, 2.24) is 0 Å². The second-order valence-electron chi connectivity index (χ2n) is 5.76. The number of rotatable bonds is 4. The number of aryl methyl sites for hydroxylation is 3. The Bertz CT molecular complexity index is 625. The fourth-order valence-corrected chi connectivity index (χ4v) is 2.75. The summed E-state index contributed by atoms with van der Waals surface area (Å²) in [6, 6.07) is 12.2. The Morgan fingerprint density at radius 2 is 1.67 bits per heavy atom. The van der Waals surface area contributed by atoms with Gasteiger partial charge in [0.25, 0.3) is 0 Å². The second kappa shape index (κ2) is 5.90. The first-order chi connectivity index (χ1) is 9.90. The number of ether oxygens (including phenoxy) is 1. The molecule has 0 aliphatic carbocycles. The highest BCUT2D eigenvalue weighted by Crippen LogP contribution is 2.34. The first kappa shape index (κ1) is 15.6. The van der Waals surface area contributed by atoms with Crippen LogP contribution in [0.4, 0.5) is 0 Å². The molecular weight excluding hydrogens is 260 g/mol. The largest absolute Gasteiger partial charge is 0.496 e. The fraction of sp³-hybridized carbons (Fsp3) is 0.368. The molecule has 1 N–H and O–H groups in total. The summed E-state index contributed by atoms with van der Waals surface area (Å²) >= 11 is 0. The average molecular weight is 284 g/mol. The van der Waals surface area contributed by atoms with E-state index in [1.807, 2.05) is 45.0 Å². The van der Waals surface area contributed by atoms with Gasteiger partial charge >= 0.3 is 0 Å². The average Bonchev–Trinajstić information content (AvgIpc) is 2.49. The summed E-state index contributed by atoms with van der Waals surface area (Å²) < 4.78 is 5.35. The van der Waals surface area contributed by atoms with Crippen molar-refractivity contribution in [3.63, 3.8) is 0 Å². The zero-order valence-electron chi connectivity index (χ0n) is 13.5. The van der Waals surface area contributed by atoms with Crippen LogP contribution in [-0.4, -0.2) is 12.2 Å². The van der Waals surface area contributed by atoms with Crippen molar-refractivity contribution in [2.24, 2.45) is 0 Å². The van der Waals surface area contributed by atoms with Crippen LogP contribution in [0.1, 0.15) is 41.7 Å². The molecule has 2 aromatic carbocycles. The smallest absolute Gasteiger partial charge is 0.122 e. The highest BCUT2D eigenvalue weighted by molar-refractivity contribution is 5.47. The lowest BCUT2D eigenvalue weighted by Crippen LogP contribution is -2.24. The Balaban J connectivity index is 2.49. The fourth-order valence-electron chi connectivity index (χ4n) is 2.75. The van der Waals surface area contributed by atoms with E-state index in [9.17, 15) is 5.11 Å². The summed E-state index contributed by atoms with van der Waals surface area (Å²) in [7, 11) is 1.67. The van der Waals surface area contributed by atoms with E-state index in [-0.39, 0.29) is 0 Å². The Kier molecular flexibility index (Phi) is 4.38. The third kappa shape index (κ3) is 2.96. The van der Waals surface area contributed by atoms with Crippen LogP contribution >= 0.6 is 0 Å². The van der Waals surface area contributed by atoms with Crippen molar-refractivity contribution in [3.8, 4) is 5.75 Å².